The lowest BCUT2D eigenvalue weighted by molar-refractivity contribution is 0.0580. The van der Waals surface area contributed by atoms with Gasteiger partial charge in [-0.1, -0.05) is 0 Å². The van der Waals surface area contributed by atoms with Crippen molar-refractivity contribution in [3.63, 3.8) is 0 Å². The molecule has 2 rings (SSSR count). The number of halogens is 1. The third-order valence-corrected chi connectivity index (χ3v) is 3.66. The number of rotatable bonds is 0. The molecule has 0 aliphatic carbocycles. The molecule has 2 heterocycles. The topological polar surface area (TPSA) is 51.7 Å². The molecule has 110 valence electrons. The second-order valence-electron chi connectivity index (χ2n) is 5.72. The van der Waals surface area contributed by atoms with E-state index >= 15 is 0 Å². The highest BCUT2D eigenvalue weighted by Gasteiger charge is 2.29. The van der Waals surface area contributed by atoms with Crippen LogP contribution in [0.15, 0.2) is 10.7 Å². The van der Waals surface area contributed by atoms with Crippen LogP contribution in [-0.2, 0) is 4.74 Å². The van der Waals surface area contributed by atoms with Gasteiger partial charge in [-0.15, -0.1) is 0 Å². The molecule has 0 bridgehead atoms. The van der Waals surface area contributed by atoms with E-state index in [4.69, 9.17) is 9.47 Å². The Bertz CT molecular complexity index is 526. The smallest absolute Gasteiger partial charge is 0.414 e. The molecule has 0 atom stereocenters. The van der Waals surface area contributed by atoms with Gasteiger partial charge in [-0.25, -0.2) is 9.78 Å². The molecule has 0 radical (unpaired) electrons. The highest BCUT2D eigenvalue weighted by atomic mass is 79.9. The summed E-state index contributed by atoms with van der Waals surface area (Å²) in [7, 11) is 0. The van der Waals surface area contributed by atoms with Crippen molar-refractivity contribution >= 4 is 27.7 Å². The number of carbonyl (C=O) groups is 1. The Hall–Kier alpha value is -1.30. The first kappa shape index (κ1) is 15.1. The monoisotopic (exact) mass is 342 g/mol. The molecule has 0 spiro atoms. The molecule has 0 unspecified atom stereocenters. The fraction of sp³-hybridized carbons (Fsp3) is 0.571. The van der Waals surface area contributed by atoms with Crippen molar-refractivity contribution in [2.24, 2.45) is 0 Å². The Kier molecular flexibility index (Phi) is 4.22. The number of carbonyl (C=O) groups excluding carboxylic acids is 1. The summed E-state index contributed by atoms with van der Waals surface area (Å²) < 4.78 is 11.9. The fourth-order valence-electron chi connectivity index (χ4n) is 1.97. The van der Waals surface area contributed by atoms with Gasteiger partial charge in [0.05, 0.1) is 6.61 Å². The van der Waals surface area contributed by atoms with Gasteiger partial charge >= 0.3 is 6.09 Å². The number of fused-ring (bicyclic) bond motifs is 1. The van der Waals surface area contributed by atoms with Crippen LogP contribution in [0, 0.1) is 6.92 Å². The lowest BCUT2D eigenvalue weighted by Crippen LogP contribution is -2.37. The number of hydrogen-bond donors (Lipinski definition) is 0. The molecule has 1 aromatic rings. The summed E-state index contributed by atoms with van der Waals surface area (Å²) in [4.78, 5) is 18.3. The minimum atomic E-state index is -0.530. The lowest BCUT2D eigenvalue weighted by Gasteiger charge is -2.27. The molecule has 1 aliphatic rings. The van der Waals surface area contributed by atoms with Crippen LogP contribution in [0.5, 0.6) is 5.88 Å². The van der Waals surface area contributed by atoms with E-state index in [-0.39, 0.29) is 6.09 Å². The maximum absolute atomic E-state index is 12.4. The number of anilines is 1. The van der Waals surface area contributed by atoms with E-state index in [9.17, 15) is 4.79 Å². The Morgan fingerprint density at radius 3 is 2.85 bits per heavy atom. The molecule has 1 aromatic heterocycles. The van der Waals surface area contributed by atoms with Crippen LogP contribution in [0.4, 0.5) is 10.5 Å². The van der Waals surface area contributed by atoms with Crippen molar-refractivity contribution in [1.29, 1.82) is 0 Å². The first-order chi connectivity index (χ1) is 9.29. The third kappa shape index (κ3) is 3.23. The van der Waals surface area contributed by atoms with Crippen molar-refractivity contribution in [3.05, 3.63) is 16.2 Å². The van der Waals surface area contributed by atoms with Gasteiger partial charge in [0.1, 0.15) is 11.3 Å². The maximum atomic E-state index is 12.4. The molecule has 0 saturated heterocycles. The second kappa shape index (κ2) is 5.60. The van der Waals surface area contributed by atoms with Crippen LogP contribution in [0.1, 0.15) is 32.8 Å². The molecule has 6 heteroatoms. The summed E-state index contributed by atoms with van der Waals surface area (Å²) in [6, 6.07) is 0. The van der Waals surface area contributed by atoms with Crippen molar-refractivity contribution in [2.45, 2.75) is 39.7 Å². The summed E-state index contributed by atoms with van der Waals surface area (Å²) in [6.45, 7) is 8.59. The highest BCUT2D eigenvalue weighted by Crippen LogP contribution is 2.36. The Morgan fingerprint density at radius 2 is 2.20 bits per heavy atom. The van der Waals surface area contributed by atoms with E-state index in [2.05, 4.69) is 20.9 Å². The van der Waals surface area contributed by atoms with Gasteiger partial charge in [0, 0.05) is 17.2 Å². The Labute approximate surface area is 127 Å². The zero-order chi connectivity index (χ0) is 14.9. The standard InChI is InChI=1S/C14H19BrN2O3/c1-9-10(15)8-16-12-11(9)17(6-5-7-19-12)13(18)20-14(2,3)4/h8H,5-7H2,1-4H3. The molecular formula is C14H19BrN2O3. The van der Waals surface area contributed by atoms with Crippen molar-refractivity contribution < 1.29 is 14.3 Å². The molecule has 0 fully saturated rings. The Balaban J connectivity index is 2.41. The van der Waals surface area contributed by atoms with Gasteiger partial charge in [-0.3, -0.25) is 4.90 Å². The minimum Gasteiger partial charge on any atom is -0.476 e. The molecule has 0 aromatic carbocycles. The zero-order valence-corrected chi connectivity index (χ0v) is 13.8. The van der Waals surface area contributed by atoms with Crippen LogP contribution in [-0.4, -0.2) is 29.8 Å². The van der Waals surface area contributed by atoms with Gasteiger partial charge in [-0.2, -0.15) is 0 Å². The third-order valence-electron chi connectivity index (χ3n) is 2.86. The number of ether oxygens (including phenoxy) is 2. The maximum Gasteiger partial charge on any atom is 0.414 e. The van der Waals surface area contributed by atoms with Crippen molar-refractivity contribution in [3.8, 4) is 5.88 Å². The second-order valence-corrected chi connectivity index (χ2v) is 6.57. The quantitative estimate of drug-likeness (QED) is 0.721. The normalized spacial score (nSPS) is 15.2. The highest BCUT2D eigenvalue weighted by molar-refractivity contribution is 9.10. The SMILES string of the molecule is Cc1c(Br)cnc2c1N(C(=O)OC(C)(C)C)CCCO2. The average molecular weight is 343 g/mol. The molecular weight excluding hydrogens is 324 g/mol. The summed E-state index contributed by atoms with van der Waals surface area (Å²) in [6.07, 6.45) is 2.06. The number of aromatic nitrogens is 1. The van der Waals surface area contributed by atoms with Crippen molar-refractivity contribution in [1.82, 2.24) is 4.98 Å². The average Bonchev–Trinajstić information content (AvgIpc) is 2.54. The van der Waals surface area contributed by atoms with E-state index in [0.717, 1.165) is 16.5 Å². The van der Waals surface area contributed by atoms with Crippen LogP contribution in [0.25, 0.3) is 0 Å². The van der Waals surface area contributed by atoms with Gasteiger partial charge in [-0.05, 0) is 55.6 Å². The number of nitrogens with zero attached hydrogens (tertiary/aromatic N) is 2. The van der Waals surface area contributed by atoms with Gasteiger partial charge < -0.3 is 9.47 Å². The van der Waals surface area contributed by atoms with Gasteiger partial charge in [0.25, 0.3) is 0 Å². The van der Waals surface area contributed by atoms with Crippen LogP contribution < -0.4 is 9.64 Å². The predicted octanol–water partition coefficient (Wildman–Crippen LogP) is 3.68. The molecule has 1 aliphatic heterocycles. The van der Waals surface area contributed by atoms with E-state index in [0.29, 0.717) is 24.7 Å². The van der Waals surface area contributed by atoms with Gasteiger partial charge in [0.2, 0.25) is 5.88 Å². The summed E-state index contributed by atoms with van der Waals surface area (Å²) in [5.74, 6) is 0.481. The molecule has 20 heavy (non-hydrogen) atoms. The van der Waals surface area contributed by atoms with Gasteiger partial charge in [0.15, 0.2) is 0 Å². The summed E-state index contributed by atoms with van der Waals surface area (Å²) in [5.41, 5.74) is 1.08. The molecule has 1 amide bonds. The first-order valence-corrected chi connectivity index (χ1v) is 7.37. The fourth-order valence-corrected chi connectivity index (χ4v) is 2.26. The summed E-state index contributed by atoms with van der Waals surface area (Å²) in [5, 5.41) is 0. The van der Waals surface area contributed by atoms with Crippen LogP contribution in [0.2, 0.25) is 0 Å². The van der Waals surface area contributed by atoms with Crippen LogP contribution >= 0.6 is 15.9 Å². The first-order valence-electron chi connectivity index (χ1n) is 6.58. The van der Waals surface area contributed by atoms with E-state index in [1.165, 1.54) is 0 Å². The number of hydrogen-bond acceptors (Lipinski definition) is 4. The number of pyridine rings is 1. The Morgan fingerprint density at radius 1 is 1.50 bits per heavy atom. The molecule has 0 N–H and O–H groups in total. The largest absolute Gasteiger partial charge is 0.476 e. The minimum absolute atomic E-state index is 0.368. The lowest BCUT2D eigenvalue weighted by atomic mass is 10.2. The van der Waals surface area contributed by atoms with E-state index in [1.54, 1.807) is 11.1 Å². The predicted molar refractivity (Wildman–Crippen MR) is 80.4 cm³/mol. The molecule has 5 nitrogen and oxygen atoms in total. The van der Waals surface area contributed by atoms with E-state index in [1.807, 2.05) is 27.7 Å². The van der Waals surface area contributed by atoms with Crippen molar-refractivity contribution in [2.75, 3.05) is 18.1 Å². The van der Waals surface area contributed by atoms with E-state index < -0.39 is 5.60 Å². The zero-order valence-electron chi connectivity index (χ0n) is 12.2. The summed E-state index contributed by atoms with van der Waals surface area (Å²) >= 11 is 3.44. The number of amides is 1. The van der Waals surface area contributed by atoms with Crippen LogP contribution in [0.3, 0.4) is 0 Å². The molecule has 0 saturated carbocycles.